The maximum absolute atomic E-state index is 12.9. The van der Waals surface area contributed by atoms with Crippen LogP contribution in [-0.4, -0.2) is 31.7 Å². The molecule has 0 saturated heterocycles. The third kappa shape index (κ3) is 8.78. The predicted molar refractivity (Wildman–Crippen MR) is 120 cm³/mol. The van der Waals surface area contributed by atoms with E-state index in [-0.39, 0.29) is 36.3 Å². The van der Waals surface area contributed by atoms with Crippen molar-refractivity contribution in [3.63, 3.8) is 0 Å². The molecule has 8 heteroatoms. The topological polar surface area (TPSA) is 59.6 Å². The lowest BCUT2D eigenvalue weighted by atomic mass is 10.1. The van der Waals surface area contributed by atoms with Crippen LogP contribution in [0.2, 0.25) is 5.02 Å². The van der Waals surface area contributed by atoms with E-state index < -0.39 is 0 Å². The first-order valence-electron chi connectivity index (χ1n) is 9.43. The number of carbonyl (C=O) groups excluding carboxylic acids is 1. The first kappa shape index (κ1) is 26.0. The Labute approximate surface area is 188 Å². The molecule has 0 atom stereocenters. The molecule has 0 fully saturated rings. The maximum Gasteiger partial charge on any atom is 0.258 e. The lowest BCUT2D eigenvalue weighted by Gasteiger charge is -2.21. The molecule has 2 rings (SSSR count). The fraction of sp³-hybridized carbons (Fsp3) is 0.409. The summed E-state index contributed by atoms with van der Waals surface area (Å²) in [6.45, 7) is 6.87. The van der Waals surface area contributed by atoms with E-state index in [4.69, 9.17) is 21.1 Å². The number of benzene rings is 2. The summed E-state index contributed by atoms with van der Waals surface area (Å²) in [7, 11) is 1.53. The Morgan fingerprint density at radius 3 is 2.40 bits per heavy atom. The van der Waals surface area contributed by atoms with Crippen molar-refractivity contribution in [2.24, 2.45) is 0 Å². The van der Waals surface area contributed by atoms with E-state index in [2.05, 4.69) is 10.6 Å². The van der Waals surface area contributed by atoms with Gasteiger partial charge in [0.15, 0.2) is 18.1 Å². The highest BCUT2D eigenvalue weighted by Crippen LogP contribution is 2.36. The van der Waals surface area contributed by atoms with Gasteiger partial charge >= 0.3 is 0 Å². The van der Waals surface area contributed by atoms with Gasteiger partial charge in [-0.1, -0.05) is 23.7 Å². The number of carbonyl (C=O) groups is 1. The van der Waals surface area contributed by atoms with Crippen LogP contribution in [0.4, 0.5) is 4.39 Å². The standard InChI is InChI=1S/C22H28ClFN2O3.ClH/c1-22(2,3)26-20(27)14-29-21-18(23)11-16(12-19(21)28-4)13-25-10-9-15-5-7-17(24)8-6-15;/h5-8,11-12,25H,9-10,13-14H2,1-4H3,(H,26,27);1H. The minimum absolute atomic E-state index is 0. The van der Waals surface area contributed by atoms with Crippen molar-refractivity contribution in [2.45, 2.75) is 39.3 Å². The maximum atomic E-state index is 12.9. The lowest BCUT2D eigenvalue weighted by molar-refractivity contribution is -0.124. The first-order valence-corrected chi connectivity index (χ1v) is 9.81. The van der Waals surface area contributed by atoms with Crippen LogP contribution in [0.1, 0.15) is 31.9 Å². The molecule has 166 valence electrons. The summed E-state index contributed by atoms with van der Waals surface area (Å²) < 4.78 is 23.9. The number of halogens is 3. The zero-order valence-electron chi connectivity index (χ0n) is 17.7. The Balaban J connectivity index is 0.00000450. The molecule has 0 bridgehead atoms. The SMILES string of the molecule is COc1cc(CNCCc2ccc(F)cc2)cc(Cl)c1OCC(=O)NC(C)(C)C.Cl. The number of hydrogen-bond donors (Lipinski definition) is 2. The minimum Gasteiger partial charge on any atom is -0.493 e. The Hall–Kier alpha value is -2.02. The Bertz CT molecular complexity index is 824. The number of methoxy groups -OCH3 is 1. The van der Waals surface area contributed by atoms with Gasteiger partial charge in [-0.25, -0.2) is 4.39 Å². The van der Waals surface area contributed by atoms with Gasteiger partial charge in [-0.15, -0.1) is 12.4 Å². The molecule has 2 N–H and O–H groups in total. The Morgan fingerprint density at radius 2 is 1.80 bits per heavy atom. The number of rotatable bonds is 9. The predicted octanol–water partition coefficient (Wildman–Crippen LogP) is 4.54. The monoisotopic (exact) mass is 458 g/mol. The van der Waals surface area contributed by atoms with Gasteiger partial charge in [0, 0.05) is 12.1 Å². The molecule has 0 saturated carbocycles. The molecule has 0 spiro atoms. The van der Waals surface area contributed by atoms with Gasteiger partial charge in [-0.05, 0) is 69.1 Å². The van der Waals surface area contributed by atoms with Crippen molar-refractivity contribution in [1.82, 2.24) is 10.6 Å². The molecule has 1 amide bonds. The lowest BCUT2D eigenvalue weighted by Crippen LogP contribution is -2.43. The molecule has 0 radical (unpaired) electrons. The molecule has 0 aliphatic carbocycles. The second-order valence-corrected chi connectivity index (χ2v) is 8.16. The zero-order valence-corrected chi connectivity index (χ0v) is 19.3. The summed E-state index contributed by atoms with van der Waals surface area (Å²) in [5.41, 5.74) is 1.65. The molecule has 0 heterocycles. The van der Waals surface area contributed by atoms with Crippen LogP contribution in [0.15, 0.2) is 36.4 Å². The van der Waals surface area contributed by atoms with Gasteiger partial charge in [-0.2, -0.15) is 0 Å². The van der Waals surface area contributed by atoms with Crippen LogP contribution in [0.3, 0.4) is 0 Å². The number of hydrogen-bond acceptors (Lipinski definition) is 4. The van der Waals surface area contributed by atoms with E-state index in [1.807, 2.05) is 26.8 Å². The number of amides is 1. The van der Waals surface area contributed by atoms with Gasteiger partial charge in [0.1, 0.15) is 5.82 Å². The van der Waals surface area contributed by atoms with E-state index in [0.29, 0.717) is 23.1 Å². The Kier molecular flexibility index (Phi) is 10.4. The fourth-order valence-corrected chi connectivity index (χ4v) is 3.01. The van der Waals surface area contributed by atoms with Gasteiger partial charge in [0.05, 0.1) is 12.1 Å². The number of nitrogens with one attached hydrogen (secondary N) is 2. The van der Waals surface area contributed by atoms with Gasteiger partial charge in [0.2, 0.25) is 0 Å². The first-order chi connectivity index (χ1) is 13.7. The van der Waals surface area contributed by atoms with Crippen LogP contribution < -0.4 is 20.1 Å². The van der Waals surface area contributed by atoms with Crippen LogP contribution in [0.25, 0.3) is 0 Å². The highest BCUT2D eigenvalue weighted by molar-refractivity contribution is 6.32. The fourth-order valence-electron chi connectivity index (χ4n) is 2.72. The van der Waals surface area contributed by atoms with E-state index in [1.165, 1.54) is 19.2 Å². The van der Waals surface area contributed by atoms with E-state index in [1.54, 1.807) is 18.2 Å². The third-order valence-corrected chi connectivity index (χ3v) is 4.26. The smallest absolute Gasteiger partial charge is 0.258 e. The van der Waals surface area contributed by atoms with E-state index in [9.17, 15) is 9.18 Å². The van der Waals surface area contributed by atoms with E-state index in [0.717, 1.165) is 24.1 Å². The summed E-state index contributed by atoms with van der Waals surface area (Å²) in [6.07, 6.45) is 0.787. The highest BCUT2D eigenvalue weighted by Gasteiger charge is 2.17. The average molecular weight is 459 g/mol. The molecule has 2 aromatic rings. The largest absolute Gasteiger partial charge is 0.493 e. The van der Waals surface area contributed by atoms with Gasteiger partial charge in [-0.3, -0.25) is 4.79 Å². The van der Waals surface area contributed by atoms with Gasteiger partial charge in [0.25, 0.3) is 5.91 Å². The molecule has 0 aliphatic heterocycles. The highest BCUT2D eigenvalue weighted by atomic mass is 35.5. The molecular formula is C22H29Cl2FN2O3. The molecule has 30 heavy (non-hydrogen) atoms. The van der Waals surface area contributed by atoms with Crippen LogP contribution >= 0.6 is 24.0 Å². The second kappa shape index (κ2) is 12.0. The summed E-state index contributed by atoms with van der Waals surface area (Å²) in [5.74, 6) is 0.341. The second-order valence-electron chi connectivity index (χ2n) is 7.75. The summed E-state index contributed by atoms with van der Waals surface area (Å²) in [4.78, 5) is 12.0. The molecular weight excluding hydrogens is 430 g/mol. The number of ether oxygens (including phenoxy) is 2. The van der Waals surface area contributed by atoms with Crippen molar-refractivity contribution in [3.8, 4) is 11.5 Å². The summed E-state index contributed by atoms with van der Waals surface area (Å²) in [6, 6.07) is 10.1. The van der Waals surface area contributed by atoms with E-state index >= 15 is 0 Å². The third-order valence-electron chi connectivity index (χ3n) is 3.98. The summed E-state index contributed by atoms with van der Waals surface area (Å²) in [5, 5.41) is 6.53. The van der Waals surface area contributed by atoms with Crippen molar-refractivity contribution in [3.05, 3.63) is 58.4 Å². The van der Waals surface area contributed by atoms with Crippen LogP contribution in [0, 0.1) is 5.82 Å². The van der Waals surface area contributed by atoms with Crippen molar-refractivity contribution >= 4 is 29.9 Å². The van der Waals surface area contributed by atoms with Gasteiger partial charge < -0.3 is 20.1 Å². The van der Waals surface area contributed by atoms with Crippen molar-refractivity contribution in [2.75, 3.05) is 20.3 Å². The molecule has 0 unspecified atom stereocenters. The van der Waals surface area contributed by atoms with Crippen molar-refractivity contribution in [1.29, 1.82) is 0 Å². The average Bonchev–Trinajstić information content (AvgIpc) is 2.64. The molecule has 5 nitrogen and oxygen atoms in total. The van der Waals surface area contributed by atoms with Crippen molar-refractivity contribution < 1.29 is 18.7 Å². The quantitative estimate of drug-likeness (QED) is 0.541. The molecule has 0 aliphatic rings. The zero-order chi connectivity index (χ0) is 21.4. The molecule has 2 aromatic carbocycles. The minimum atomic E-state index is -0.336. The van der Waals surface area contributed by atoms with Crippen LogP contribution in [0.5, 0.6) is 11.5 Å². The summed E-state index contributed by atoms with van der Waals surface area (Å²) >= 11 is 6.35. The normalized spacial score (nSPS) is 10.9. The van der Waals surface area contributed by atoms with Crippen LogP contribution in [-0.2, 0) is 17.8 Å². The Morgan fingerprint density at radius 1 is 1.13 bits per heavy atom. The molecule has 0 aromatic heterocycles.